The van der Waals surface area contributed by atoms with Crippen molar-refractivity contribution in [1.82, 2.24) is 0 Å². The smallest absolute Gasteiger partial charge is 0.165 e. The molecule has 0 bridgehead atoms. The molecule has 6 heteroatoms. The lowest BCUT2D eigenvalue weighted by molar-refractivity contribution is -0.122. The highest BCUT2D eigenvalue weighted by atomic mass is 19.1. The van der Waals surface area contributed by atoms with Gasteiger partial charge in [0.25, 0.3) is 0 Å². The van der Waals surface area contributed by atoms with Crippen LogP contribution in [0.5, 0.6) is 5.75 Å². The molecule has 0 aromatic heterocycles. The quantitative estimate of drug-likeness (QED) is 0.458. The Balaban J connectivity index is 3.11. The van der Waals surface area contributed by atoms with Crippen molar-refractivity contribution in [3.05, 3.63) is 40.0 Å². The van der Waals surface area contributed by atoms with Crippen molar-refractivity contribution in [2.24, 2.45) is 5.11 Å². The molecule has 5 nitrogen and oxygen atoms in total. The molecule has 0 aliphatic heterocycles. The van der Waals surface area contributed by atoms with Crippen LogP contribution >= 0.6 is 0 Å². The van der Waals surface area contributed by atoms with E-state index in [2.05, 4.69) is 10.0 Å². The van der Waals surface area contributed by atoms with Crippen LogP contribution in [0, 0.1) is 5.82 Å². The van der Waals surface area contributed by atoms with Crippen LogP contribution in [0.3, 0.4) is 0 Å². The molecule has 1 aromatic rings. The van der Waals surface area contributed by atoms with E-state index in [4.69, 9.17) is 10.3 Å². The molecule has 1 aromatic carbocycles. The molecule has 0 spiro atoms. The summed E-state index contributed by atoms with van der Waals surface area (Å²) in [5.41, 5.74) is 7.95. The van der Waals surface area contributed by atoms with Crippen LogP contribution in [0.2, 0.25) is 0 Å². The third kappa shape index (κ3) is 2.78. The first kappa shape index (κ1) is 14.0. The average molecular weight is 251 g/mol. The molecule has 0 N–H and O–H groups in total. The second-order valence-electron chi connectivity index (χ2n) is 4.29. The number of ether oxygens (including phenoxy) is 1. The lowest BCUT2D eigenvalue weighted by Gasteiger charge is -2.23. The molecule has 1 rings (SSSR count). The van der Waals surface area contributed by atoms with Crippen LogP contribution in [0.25, 0.3) is 10.4 Å². The van der Waals surface area contributed by atoms with Crippen molar-refractivity contribution in [3.8, 4) is 5.75 Å². The third-order valence-corrected chi connectivity index (χ3v) is 2.85. The third-order valence-electron chi connectivity index (χ3n) is 2.85. The van der Waals surface area contributed by atoms with E-state index in [0.29, 0.717) is 5.56 Å². The maximum Gasteiger partial charge on any atom is 0.165 e. The molecule has 0 saturated carbocycles. The van der Waals surface area contributed by atoms with E-state index in [9.17, 15) is 9.18 Å². The molecule has 0 aliphatic carbocycles. The van der Waals surface area contributed by atoms with Gasteiger partial charge in [0, 0.05) is 10.3 Å². The summed E-state index contributed by atoms with van der Waals surface area (Å²) in [4.78, 5) is 14.5. The molecule has 0 fully saturated rings. The van der Waals surface area contributed by atoms with Gasteiger partial charge in [0.05, 0.1) is 13.7 Å². The van der Waals surface area contributed by atoms with Crippen LogP contribution in [0.15, 0.2) is 23.3 Å². The van der Waals surface area contributed by atoms with Crippen LogP contribution < -0.4 is 4.74 Å². The molecule has 0 amide bonds. The Hall–Kier alpha value is -2.07. The Bertz CT molecular complexity index is 508. The monoisotopic (exact) mass is 251 g/mol. The first-order valence-electron chi connectivity index (χ1n) is 5.31. The minimum atomic E-state index is -0.866. The first-order chi connectivity index (χ1) is 8.43. The fraction of sp³-hybridized carbons (Fsp3) is 0.417. The van der Waals surface area contributed by atoms with Crippen molar-refractivity contribution >= 4 is 5.78 Å². The maximum absolute atomic E-state index is 13.3. The molecule has 18 heavy (non-hydrogen) atoms. The second-order valence-corrected chi connectivity index (χ2v) is 4.29. The summed E-state index contributed by atoms with van der Waals surface area (Å²) in [5, 5.41) is 3.25. The number of carbonyl (C=O) groups is 1. The molecular formula is C12H14FN3O2. The fourth-order valence-corrected chi connectivity index (χ4v) is 1.50. The lowest BCUT2D eigenvalue weighted by atomic mass is 9.80. The number of azide groups is 1. The zero-order valence-electron chi connectivity index (χ0n) is 10.5. The summed E-state index contributed by atoms with van der Waals surface area (Å²) in [6, 6.07) is 4.24. The summed E-state index contributed by atoms with van der Waals surface area (Å²) in [6.07, 6.45) is 0. The van der Waals surface area contributed by atoms with Crippen molar-refractivity contribution < 1.29 is 13.9 Å². The Morgan fingerprint density at radius 3 is 2.78 bits per heavy atom. The van der Waals surface area contributed by atoms with Gasteiger partial charge in [-0.2, -0.15) is 0 Å². The van der Waals surface area contributed by atoms with Crippen LogP contribution in [-0.2, 0) is 10.2 Å². The first-order valence-corrected chi connectivity index (χ1v) is 5.31. The summed E-state index contributed by atoms with van der Waals surface area (Å²) in [6.45, 7) is 3.15. The van der Waals surface area contributed by atoms with E-state index in [1.807, 2.05) is 0 Å². The lowest BCUT2D eigenvalue weighted by Crippen LogP contribution is -2.31. The highest BCUT2D eigenvalue weighted by Crippen LogP contribution is 2.29. The number of hydrogen-bond acceptors (Lipinski definition) is 3. The fourth-order valence-electron chi connectivity index (χ4n) is 1.50. The minimum Gasteiger partial charge on any atom is -0.494 e. The van der Waals surface area contributed by atoms with Gasteiger partial charge in [-0.15, -0.1) is 0 Å². The number of benzene rings is 1. The Morgan fingerprint density at radius 2 is 2.22 bits per heavy atom. The van der Waals surface area contributed by atoms with E-state index in [-0.39, 0.29) is 18.1 Å². The second kappa shape index (κ2) is 5.51. The van der Waals surface area contributed by atoms with Gasteiger partial charge in [0.15, 0.2) is 11.6 Å². The van der Waals surface area contributed by atoms with Crippen LogP contribution in [0.1, 0.15) is 19.4 Å². The van der Waals surface area contributed by atoms with E-state index in [1.165, 1.54) is 25.3 Å². The van der Waals surface area contributed by atoms with Gasteiger partial charge >= 0.3 is 0 Å². The number of methoxy groups -OCH3 is 1. The van der Waals surface area contributed by atoms with Gasteiger partial charge in [-0.25, -0.2) is 4.39 Å². The molecular weight excluding hydrogens is 237 g/mol. The maximum atomic E-state index is 13.3. The van der Waals surface area contributed by atoms with Gasteiger partial charge in [0.2, 0.25) is 0 Å². The number of nitrogens with zero attached hydrogens (tertiary/aromatic N) is 3. The minimum absolute atomic E-state index is 0.0807. The molecule has 0 saturated heterocycles. The number of carbonyl (C=O) groups excluding carboxylic acids is 1. The number of rotatable bonds is 5. The van der Waals surface area contributed by atoms with Crippen LogP contribution in [0.4, 0.5) is 4.39 Å². The zero-order chi connectivity index (χ0) is 13.8. The molecule has 0 atom stereocenters. The molecule has 0 heterocycles. The largest absolute Gasteiger partial charge is 0.494 e. The molecule has 96 valence electrons. The number of Topliss-reactive ketones (excluding diaryl/α,β-unsaturated/α-hetero) is 1. The highest BCUT2D eigenvalue weighted by Gasteiger charge is 2.29. The van der Waals surface area contributed by atoms with Gasteiger partial charge in [-0.05, 0) is 37.1 Å². The Morgan fingerprint density at radius 1 is 1.56 bits per heavy atom. The number of ketones is 1. The van der Waals surface area contributed by atoms with Crippen LogP contribution in [-0.4, -0.2) is 19.4 Å². The molecule has 0 unspecified atom stereocenters. The van der Waals surface area contributed by atoms with Crippen molar-refractivity contribution in [2.45, 2.75) is 19.3 Å². The predicted octanol–water partition coefficient (Wildman–Crippen LogP) is 2.99. The number of halogens is 1. The van der Waals surface area contributed by atoms with E-state index >= 15 is 0 Å². The SMILES string of the molecule is COc1cc(C(C)(C)C(=O)CN=[N+]=[N-])ccc1F. The van der Waals surface area contributed by atoms with Crippen molar-refractivity contribution in [2.75, 3.05) is 13.7 Å². The zero-order valence-corrected chi connectivity index (χ0v) is 10.5. The highest BCUT2D eigenvalue weighted by molar-refractivity contribution is 5.91. The van der Waals surface area contributed by atoms with E-state index < -0.39 is 11.2 Å². The van der Waals surface area contributed by atoms with E-state index in [0.717, 1.165) is 0 Å². The Labute approximate surface area is 104 Å². The normalized spacial score (nSPS) is 10.7. The van der Waals surface area contributed by atoms with Gasteiger partial charge in [-0.1, -0.05) is 11.2 Å². The van der Waals surface area contributed by atoms with Crippen molar-refractivity contribution in [3.63, 3.8) is 0 Å². The Kier molecular flexibility index (Phi) is 4.28. The van der Waals surface area contributed by atoms with Gasteiger partial charge in [0.1, 0.15) is 5.78 Å². The average Bonchev–Trinajstić information content (AvgIpc) is 2.36. The summed E-state index contributed by atoms with van der Waals surface area (Å²) < 4.78 is 18.2. The number of hydrogen-bond donors (Lipinski definition) is 0. The topological polar surface area (TPSA) is 75.1 Å². The predicted molar refractivity (Wildman–Crippen MR) is 65.0 cm³/mol. The van der Waals surface area contributed by atoms with E-state index in [1.54, 1.807) is 13.8 Å². The van der Waals surface area contributed by atoms with Gasteiger partial charge < -0.3 is 4.74 Å². The summed E-state index contributed by atoms with van der Waals surface area (Å²) in [5.74, 6) is -0.648. The summed E-state index contributed by atoms with van der Waals surface area (Å²) >= 11 is 0. The van der Waals surface area contributed by atoms with Gasteiger partial charge in [-0.3, -0.25) is 4.79 Å². The van der Waals surface area contributed by atoms with Crippen molar-refractivity contribution in [1.29, 1.82) is 0 Å². The standard InChI is InChI=1S/C12H14FN3O2/c1-12(2,11(17)7-15-16-14)8-4-5-9(13)10(6-8)18-3/h4-6H,7H2,1-3H3. The molecule has 0 aliphatic rings. The summed E-state index contributed by atoms with van der Waals surface area (Å²) in [7, 11) is 1.36. The molecule has 0 radical (unpaired) electrons.